The molecule has 0 amide bonds. The first-order valence-electron chi connectivity index (χ1n) is 5.05. The molecule has 0 aliphatic rings. The van der Waals surface area contributed by atoms with Gasteiger partial charge in [-0.15, -0.1) is 0 Å². The smallest absolute Gasteiger partial charge is 0.0831 e. The van der Waals surface area contributed by atoms with Crippen LogP contribution in [-0.2, 0) is 4.74 Å². The van der Waals surface area contributed by atoms with Crippen LogP contribution in [0.25, 0.3) is 0 Å². The number of aliphatic hydroxyl groups excluding tert-OH is 1. The van der Waals surface area contributed by atoms with Gasteiger partial charge in [0.25, 0.3) is 0 Å². The summed E-state index contributed by atoms with van der Waals surface area (Å²) in [5.41, 5.74) is 0. The van der Waals surface area contributed by atoms with Gasteiger partial charge in [0, 0.05) is 6.61 Å². The topological polar surface area (TPSA) is 29.5 Å². The van der Waals surface area contributed by atoms with Gasteiger partial charge < -0.3 is 9.84 Å². The Kier molecular flexibility index (Phi) is 7.51. The van der Waals surface area contributed by atoms with Gasteiger partial charge in [0.15, 0.2) is 0 Å². The molecule has 2 unspecified atom stereocenters. The Labute approximate surface area is 75.9 Å². The van der Waals surface area contributed by atoms with Crippen LogP contribution in [0.2, 0.25) is 0 Å². The fourth-order valence-electron chi connectivity index (χ4n) is 1.14. The van der Waals surface area contributed by atoms with E-state index in [-0.39, 0.29) is 12.2 Å². The van der Waals surface area contributed by atoms with E-state index in [0.717, 1.165) is 32.3 Å². The molecule has 1 N–H and O–H groups in total. The van der Waals surface area contributed by atoms with Crippen LogP contribution < -0.4 is 0 Å². The van der Waals surface area contributed by atoms with E-state index in [9.17, 15) is 5.11 Å². The Hall–Kier alpha value is -0.0800. The van der Waals surface area contributed by atoms with Crippen LogP contribution in [-0.4, -0.2) is 23.9 Å². The lowest BCUT2D eigenvalue weighted by Crippen LogP contribution is -2.28. The van der Waals surface area contributed by atoms with Crippen LogP contribution in [0, 0.1) is 0 Å². The maximum Gasteiger partial charge on any atom is 0.0831 e. The summed E-state index contributed by atoms with van der Waals surface area (Å²) in [6, 6.07) is 0. The first-order valence-corrected chi connectivity index (χ1v) is 5.05. The van der Waals surface area contributed by atoms with Gasteiger partial charge in [0.1, 0.15) is 0 Å². The predicted octanol–water partition coefficient (Wildman–Crippen LogP) is 2.35. The zero-order valence-electron chi connectivity index (χ0n) is 8.55. The maximum absolute atomic E-state index is 9.49. The van der Waals surface area contributed by atoms with Gasteiger partial charge in [-0.25, -0.2) is 0 Å². The lowest BCUT2D eigenvalue weighted by atomic mass is 10.1. The summed E-state index contributed by atoms with van der Waals surface area (Å²) in [6.07, 6.45) is 3.68. The van der Waals surface area contributed by atoms with Gasteiger partial charge in [-0.3, -0.25) is 0 Å². The highest BCUT2D eigenvalue weighted by Gasteiger charge is 2.14. The Morgan fingerprint density at radius 2 is 1.83 bits per heavy atom. The van der Waals surface area contributed by atoms with E-state index < -0.39 is 0 Å². The Morgan fingerprint density at radius 1 is 1.17 bits per heavy atom. The summed E-state index contributed by atoms with van der Waals surface area (Å²) in [5, 5.41) is 9.49. The van der Waals surface area contributed by atoms with Gasteiger partial charge in [-0.05, 0) is 19.3 Å². The molecule has 0 radical (unpaired) electrons. The number of aliphatic hydroxyl groups is 1. The Bertz CT molecular complexity index is 93.8. The standard InChI is InChI=1S/C10H22O2/c1-4-7-8-12-10(6-3)9(11)5-2/h9-11H,4-8H2,1-3H3. The zero-order chi connectivity index (χ0) is 9.40. The van der Waals surface area contributed by atoms with Crippen LogP contribution in [0.4, 0.5) is 0 Å². The number of rotatable bonds is 7. The summed E-state index contributed by atoms with van der Waals surface area (Å²) in [6.45, 7) is 6.96. The maximum atomic E-state index is 9.49. The molecular weight excluding hydrogens is 152 g/mol. The van der Waals surface area contributed by atoms with Gasteiger partial charge >= 0.3 is 0 Å². The van der Waals surface area contributed by atoms with Crippen molar-refractivity contribution >= 4 is 0 Å². The van der Waals surface area contributed by atoms with Gasteiger partial charge in [-0.2, -0.15) is 0 Å². The second kappa shape index (κ2) is 7.56. The van der Waals surface area contributed by atoms with Crippen LogP contribution in [0.15, 0.2) is 0 Å². The molecule has 2 atom stereocenters. The lowest BCUT2D eigenvalue weighted by Gasteiger charge is -2.20. The lowest BCUT2D eigenvalue weighted by molar-refractivity contribution is -0.0408. The van der Waals surface area contributed by atoms with Crippen molar-refractivity contribution in [2.24, 2.45) is 0 Å². The van der Waals surface area contributed by atoms with E-state index >= 15 is 0 Å². The fourth-order valence-corrected chi connectivity index (χ4v) is 1.14. The van der Waals surface area contributed by atoms with E-state index in [0.29, 0.717) is 0 Å². The highest BCUT2D eigenvalue weighted by molar-refractivity contribution is 4.65. The first kappa shape index (κ1) is 11.9. The highest BCUT2D eigenvalue weighted by atomic mass is 16.5. The molecule has 0 aliphatic heterocycles. The van der Waals surface area contributed by atoms with Crippen LogP contribution in [0.1, 0.15) is 46.5 Å². The average molecular weight is 174 g/mol. The van der Waals surface area contributed by atoms with Crippen molar-refractivity contribution in [3.8, 4) is 0 Å². The van der Waals surface area contributed by atoms with E-state index in [2.05, 4.69) is 13.8 Å². The minimum Gasteiger partial charge on any atom is -0.390 e. The molecule has 0 aromatic rings. The fraction of sp³-hybridized carbons (Fsp3) is 1.00. The summed E-state index contributed by atoms with van der Waals surface area (Å²) >= 11 is 0. The van der Waals surface area contributed by atoms with Crippen molar-refractivity contribution in [2.75, 3.05) is 6.61 Å². The first-order chi connectivity index (χ1) is 5.76. The monoisotopic (exact) mass is 174 g/mol. The van der Waals surface area contributed by atoms with Gasteiger partial charge in [0.2, 0.25) is 0 Å². The van der Waals surface area contributed by atoms with E-state index in [4.69, 9.17) is 4.74 Å². The quantitative estimate of drug-likeness (QED) is 0.600. The van der Waals surface area contributed by atoms with Crippen molar-refractivity contribution in [1.29, 1.82) is 0 Å². The molecule has 74 valence electrons. The van der Waals surface area contributed by atoms with Crippen molar-refractivity contribution in [2.45, 2.75) is 58.7 Å². The zero-order valence-corrected chi connectivity index (χ0v) is 8.55. The highest BCUT2D eigenvalue weighted by Crippen LogP contribution is 2.08. The third-order valence-electron chi connectivity index (χ3n) is 2.08. The van der Waals surface area contributed by atoms with Crippen molar-refractivity contribution in [3.05, 3.63) is 0 Å². The van der Waals surface area contributed by atoms with E-state index in [1.807, 2.05) is 6.92 Å². The number of ether oxygens (including phenoxy) is 1. The van der Waals surface area contributed by atoms with Crippen molar-refractivity contribution in [1.82, 2.24) is 0 Å². The van der Waals surface area contributed by atoms with Gasteiger partial charge in [-0.1, -0.05) is 27.2 Å². The second-order valence-corrected chi connectivity index (χ2v) is 3.15. The molecule has 0 spiro atoms. The minimum absolute atomic E-state index is 0.0431. The third-order valence-corrected chi connectivity index (χ3v) is 2.08. The number of hydrogen-bond donors (Lipinski definition) is 1. The Morgan fingerprint density at radius 3 is 2.25 bits per heavy atom. The molecule has 2 nitrogen and oxygen atoms in total. The van der Waals surface area contributed by atoms with Crippen LogP contribution in [0.5, 0.6) is 0 Å². The molecular formula is C10H22O2. The van der Waals surface area contributed by atoms with Crippen LogP contribution >= 0.6 is 0 Å². The summed E-state index contributed by atoms with van der Waals surface area (Å²) in [4.78, 5) is 0. The molecule has 12 heavy (non-hydrogen) atoms. The van der Waals surface area contributed by atoms with Crippen molar-refractivity contribution in [3.63, 3.8) is 0 Å². The molecule has 0 rings (SSSR count). The molecule has 0 saturated heterocycles. The SMILES string of the molecule is CCCCOC(CC)C(O)CC. The molecule has 2 heteroatoms. The third kappa shape index (κ3) is 4.73. The summed E-state index contributed by atoms with van der Waals surface area (Å²) in [5.74, 6) is 0. The molecule has 0 heterocycles. The molecule has 0 bridgehead atoms. The van der Waals surface area contributed by atoms with Gasteiger partial charge in [0.05, 0.1) is 12.2 Å². The van der Waals surface area contributed by atoms with E-state index in [1.54, 1.807) is 0 Å². The molecule has 0 saturated carbocycles. The Balaban J connectivity index is 3.52. The molecule has 0 aromatic heterocycles. The second-order valence-electron chi connectivity index (χ2n) is 3.15. The normalized spacial score (nSPS) is 16.0. The largest absolute Gasteiger partial charge is 0.390 e. The number of hydrogen-bond acceptors (Lipinski definition) is 2. The summed E-state index contributed by atoms with van der Waals surface area (Å²) in [7, 11) is 0. The van der Waals surface area contributed by atoms with Crippen molar-refractivity contribution < 1.29 is 9.84 Å². The molecule has 0 fully saturated rings. The van der Waals surface area contributed by atoms with E-state index in [1.165, 1.54) is 0 Å². The predicted molar refractivity (Wildman–Crippen MR) is 51.2 cm³/mol. The summed E-state index contributed by atoms with van der Waals surface area (Å²) < 4.78 is 5.53. The molecule has 0 aliphatic carbocycles. The molecule has 0 aromatic carbocycles. The minimum atomic E-state index is -0.285. The average Bonchev–Trinajstić information content (AvgIpc) is 2.11. The number of unbranched alkanes of at least 4 members (excludes halogenated alkanes) is 1. The van der Waals surface area contributed by atoms with Crippen LogP contribution in [0.3, 0.4) is 0 Å².